The molecule has 1 heterocycles. The maximum atomic E-state index is 12.7. The first-order chi connectivity index (χ1) is 11.7. The van der Waals surface area contributed by atoms with Gasteiger partial charge in [-0.15, -0.1) is 5.11 Å². The second-order valence-corrected chi connectivity index (χ2v) is 5.25. The number of ether oxygens (including phenoxy) is 2. The van der Waals surface area contributed by atoms with Gasteiger partial charge in [0.05, 0.1) is 13.7 Å². The van der Waals surface area contributed by atoms with Crippen LogP contribution >= 0.6 is 0 Å². The summed E-state index contributed by atoms with van der Waals surface area (Å²) in [6, 6.07) is 19.1. The van der Waals surface area contributed by atoms with Gasteiger partial charge in [0.1, 0.15) is 5.57 Å². The number of carbonyl (C=O) groups excluding carboxylic acids is 1. The van der Waals surface area contributed by atoms with E-state index in [9.17, 15) is 4.79 Å². The van der Waals surface area contributed by atoms with Crippen LogP contribution in [-0.4, -0.2) is 19.7 Å². The van der Waals surface area contributed by atoms with Crippen LogP contribution < -0.4 is 0 Å². The van der Waals surface area contributed by atoms with Crippen LogP contribution in [0, 0.1) is 0 Å². The van der Waals surface area contributed by atoms with Crippen molar-refractivity contribution in [3.8, 4) is 0 Å². The molecule has 0 radical (unpaired) electrons. The van der Waals surface area contributed by atoms with E-state index in [1.807, 2.05) is 60.7 Å². The summed E-state index contributed by atoms with van der Waals surface area (Å²) in [6.45, 7) is 2.03. The van der Waals surface area contributed by atoms with Crippen molar-refractivity contribution in [1.82, 2.24) is 0 Å². The highest BCUT2D eigenvalue weighted by Crippen LogP contribution is 2.46. The maximum Gasteiger partial charge on any atom is 0.342 e. The molecule has 0 unspecified atom stereocenters. The minimum atomic E-state index is -1.07. The quantitative estimate of drug-likeness (QED) is 0.786. The lowest BCUT2D eigenvalue weighted by atomic mass is 9.78. The lowest BCUT2D eigenvalue weighted by Crippen LogP contribution is -2.31. The Morgan fingerprint density at radius 3 is 2.00 bits per heavy atom. The molecule has 2 aromatic carbocycles. The van der Waals surface area contributed by atoms with E-state index in [1.165, 1.54) is 7.11 Å². The molecule has 0 atom stereocenters. The van der Waals surface area contributed by atoms with Gasteiger partial charge in [0, 0.05) is 0 Å². The third-order valence-electron chi connectivity index (χ3n) is 3.92. The summed E-state index contributed by atoms with van der Waals surface area (Å²) < 4.78 is 10.6. The van der Waals surface area contributed by atoms with Crippen molar-refractivity contribution in [3.05, 3.63) is 83.2 Å². The fourth-order valence-corrected chi connectivity index (χ4v) is 2.89. The molecule has 24 heavy (non-hydrogen) atoms. The van der Waals surface area contributed by atoms with Crippen molar-refractivity contribution in [1.29, 1.82) is 0 Å². The molecular formula is C19H18N2O3. The monoisotopic (exact) mass is 322 g/mol. The zero-order valence-corrected chi connectivity index (χ0v) is 13.6. The van der Waals surface area contributed by atoms with E-state index < -0.39 is 11.5 Å². The molecule has 0 bridgehead atoms. The minimum absolute atomic E-state index is 0.182. The average Bonchev–Trinajstić information content (AvgIpc) is 3.04. The van der Waals surface area contributed by atoms with Crippen LogP contribution in [0.1, 0.15) is 18.1 Å². The van der Waals surface area contributed by atoms with Crippen molar-refractivity contribution in [3.63, 3.8) is 0 Å². The van der Waals surface area contributed by atoms with Gasteiger partial charge in [-0.25, -0.2) is 4.79 Å². The number of benzene rings is 2. The lowest BCUT2D eigenvalue weighted by molar-refractivity contribution is -0.139. The third kappa shape index (κ3) is 2.48. The first-order valence-electron chi connectivity index (χ1n) is 7.73. The smallest absolute Gasteiger partial charge is 0.342 e. The molecule has 0 saturated carbocycles. The Bertz CT molecular complexity index is 743. The van der Waals surface area contributed by atoms with Gasteiger partial charge in [-0.1, -0.05) is 60.7 Å². The second kappa shape index (κ2) is 6.66. The van der Waals surface area contributed by atoms with Gasteiger partial charge in [0.25, 0.3) is 0 Å². The van der Waals surface area contributed by atoms with Crippen LogP contribution in [0.15, 0.2) is 82.3 Å². The number of hydrogen-bond donors (Lipinski definition) is 0. The molecule has 1 aliphatic heterocycles. The molecule has 0 aliphatic carbocycles. The molecule has 1 aliphatic rings. The van der Waals surface area contributed by atoms with Gasteiger partial charge < -0.3 is 9.47 Å². The van der Waals surface area contributed by atoms with Crippen molar-refractivity contribution < 1.29 is 14.3 Å². The number of methoxy groups -OCH3 is 1. The predicted molar refractivity (Wildman–Crippen MR) is 89.2 cm³/mol. The highest BCUT2D eigenvalue weighted by molar-refractivity contribution is 5.94. The highest BCUT2D eigenvalue weighted by atomic mass is 16.5. The Balaban J connectivity index is 2.28. The standard InChI is InChI=1S/C19H18N2O3/c1-3-24-18(22)16-17(23-2)20-21-19(16,14-10-6-4-7-11-14)15-12-8-5-9-13-15/h4-13H,3H2,1-2H3. The van der Waals surface area contributed by atoms with E-state index in [0.717, 1.165) is 11.1 Å². The summed E-state index contributed by atoms with van der Waals surface area (Å²) in [4.78, 5) is 12.7. The van der Waals surface area contributed by atoms with Crippen LogP contribution in [0.25, 0.3) is 0 Å². The molecule has 5 nitrogen and oxygen atoms in total. The van der Waals surface area contributed by atoms with Gasteiger partial charge in [-0.3, -0.25) is 0 Å². The number of rotatable bonds is 5. The molecule has 0 fully saturated rings. The van der Waals surface area contributed by atoms with Crippen molar-refractivity contribution in [2.75, 3.05) is 13.7 Å². The Hall–Kier alpha value is -2.95. The summed E-state index contributed by atoms with van der Waals surface area (Å²) in [5.41, 5.74) is 0.884. The highest BCUT2D eigenvalue weighted by Gasteiger charge is 2.49. The van der Waals surface area contributed by atoms with Gasteiger partial charge in [-0.2, -0.15) is 5.11 Å². The summed E-state index contributed by atoms with van der Waals surface area (Å²) in [5.74, 6) is -0.298. The molecule has 0 N–H and O–H groups in total. The Morgan fingerprint density at radius 1 is 1.00 bits per heavy atom. The summed E-state index contributed by atoms with van der Waals surface area (Å²) in [7, 11) is 1.47. The number of esters is 1. The topological polar surface area (TPSA) is 60.2 Å². The fourth-order valence-electron chi connectivity index (χ4n) is 2.89. The normalized spacial score (nSPS) is 15.4. The van der Waals surface area contributed by atoms with E-state index in [0.29, 0.717) is 5.57 Å². The van der Waals surface area contributed by atoms with Gasteiger partial charge in [0.2, 0.25) is 5.88 Å². The predicted octanol–water partition coefficient (Wildman–Crippen LogP) is 3.82. The third-order valence-corrected chi connectivity index (χ3v) is 3.92. The molecule has 0 spiro atoms. The SMILES string of the molecule is CCOC(=O)C1=C(OC)N=NC1(c1ccccc1)c1ccccc1. The first kappa shape index (κ1) is 15.9. The average molecular weight is 322 g/mol. The van der Waals surface area contributed by atoms with Crippen molar-refractivity contribution in [2.24, 2.45) is 10.2 Å². The first-order valence-corrected chi connectivity index (χ1v) is 7.73. The summed E-state index contributed by atoms with van der Waals surface area (Å²) in [5, 5.41) is 8.60. The van der Waals surface area contributed by atoms with E-state index in [4.69, 9.17) is 9.47 Å². The second-order valence-electron chi connectivity index (χ2n) is 5.25. The summed E-state index contributed by atoms with van der Waals surface area (Å²) >= 11 is 0. The number of hydrogen-bond acceptors (Lipinski definition) is 5. The van der Waals surface area contributed by atoms with Crippen molar-refractivity contribution >= 4 is 5.97 Å². The zero-order valence-electron chi connectivity index (χ0n) is 13.6. The molecule has 0 saturated heterocycles. The molecule has 2 aromatic rings. The van der Waals surface area contributed by atoms with Crippen LogP contribution in [0.5, 0.6) is 0 Å². The Labute approximate surface area is 140 Å². The van der Waals surface area contributed by atoms with Gasteiger partial charge in [-0.05, 0) is 18.1 Å². The lowest BCUT2D eigenvalue weighted by Gasteiger charge is -2.28. The molecule has 0 amide bonds. The van der Waals surface area contributed by atoms with Crippen LogP contribution in [0.3, 0.4) is 0 Å². The van der Waals surface area contributed by atoms with Crippen LogP contribution in [0.2, 0.25) is 0 Å². The molecule has 122 valence electrons. The minimum Gasteiger partial charge on any atom is -0.479 e. The number of nitrogens with zero attached hydrogens (tertiary/aromatic N) is 2. The van der Waals surface area contributed by atoms with Crippen LogP contribution in [-0.2, 0) is 19.8 Å². The largest absolute Gasteiger partial charge is 0.479 e. The molecule has 3 rings (SSSR count). The van der Waals surface area contributed by atoms with E-state index in [-0.39, 0.29) is 12.5 Å². The van der Waals surface area contributed by atoms with E-state index in [2.05, 4.69) is 10.2 Å². The number of carbonyl (C=O) groups is 1. The van der Waals surface area contributed by atoms with E-state index in [1.54, 1.807) is 6.92 Å². The molecular weight excluding hydrogens is 304 g/mol. The Morgan fingerprint density at radius 2 is 1.54 bits per heavy atom. The van der Waals surface area contributed by atoms with Crippen molar-refractivity contribution in [2.45, 2.75) is 12.5 Å². The van der Waals surface area contributed by atoms with E-state index >= 15 is 0 Å². The summed E-state index contributed by atoms with van der Waals surface area (Å²) in [6.07, 6.45) is 0. The zero-order chi connectivity index (χ0) is 17.0. The molecule has 5 heteroatoms. The number of azo groups is 1. The maximum absolute atomic E-state index is 12.7. The van der Waals surface area contributed by atoms with Gasteiger partial charge in [0.15, 0.2) is 5.54 Å². The fraction of sp³-hybridized carbons (Fsp3) is 0.211. The Kier molecular flexibility index (Phi) is 4.42. The molecule has 0 aromatic heterocycles. The van der Waals surface area contributed by atoms with Crippen LogP contribution in [0.4, 0.5) is 0 Å². The van der Waals surface area contributed by atoms with Gasteiger partial charge >= 0.3 is 5.97 Å².